The van der Waals surface area contributed by atoms with Crippen molar-refractivity contribution in [1.29, 1.82) is 0 Å². The van der Waals surface area contributed by atoms with E-state index < -0.39 is 0 Å². The topological polar surface area (TPSA) is 55.9 Å². The number of amides is 2. The van der Waals surface area contributed by atoms with Crippen LogP contribution in [0.4, 0.5) is 0 Å². The molecule has 0 aliphatic carbocycles. The van der Waals surface area contributed by atoms with Crippen molar-refractivity contribution in [2.24, 2.45) is 0 Å². The van der Waals surface area contributed by atoms with Crippen LogP contribution in [0.2, 0.25) is 0 Å². The fourth-order valence-electron chi connectivity index (χ4n) is 3.91. The molecular formula is C17H30N4O2. The van der Waals surface area contributed by atoms with Gasteiger partial charge in [0.25, 0.3) is 0 Å². The second-order valence-electron chi connectivity index (χ2n) is 7.10. The van der Waals surface area contributed by atoms with Crippen LogP contribution < -0.4 is 5.32 Å². The number of hydrogen-bond donors (Lipinski definition) is 1. The first kappa shape index (κ1) is 16.7. The molecule has 0 radical (unpaired) electrons. The van der Waals surface area contributed by atoms with E-state index in [1.165, 1.54) is 6.42 Å². The van der Waals surface area contributed by atoms with Crippen molar-refractivity contribution in [3.05, 3.63) is 0 Å². The van der Waals surface area contributed by atoms with Gasteiger partial charge in [-0.3, -0.25) is 14.5 Å². The highest BCUT2D eigenvalue weighted by molar-refractivity contribution is 5.78. The normalized spacial score (nSPS) is 26.5. The summed E-state index contributed by atoms with van der Waals surface area (Å²) in [6.45, 7) is 6.75. The molecule has 0 saturated carbocycles. The van der Waals surface area contributed by atoms with Crippen molar-refractivity contribution < 1.29 is 9.59 Å². The van der Waals surface area contributed by atoms with Crippen LogP contribution in [0.5, 0.6) is 0 Å². The first-order valence-corrected chi connectivity index (χ1v) is 9.23. The smallest absolute Gasteiger partial charge is 0.236 e. The van der Waals surface area contributed by atoms with Crippen LogP contribution in [0.15, 0.2) is 0 Å². The standard InChI is InChI=1S/C17H30N4O2/c22-16(13-15-5-3-6-18-15)21-10-4-7-19(11-12-21)14-17(23)20-8-1-2-9-20/h15,18H,1-14H2. The predicted octanol–water partition coefficient (Wildman–Crippen LogP) is 0.285. The third-order valence-electron chi connectivity index (χ3n) is 5.34. The average molecular weight is 322 g/mol. The van der Waals surface area contributed by atoms with Gasteiger partial charge in [-0.25, -0.2) is 0 Å². The van der Waals surface area contributed by atoms with E-state index in [0.717, 1.165) is 71.5 Å². The summed E-state index contributed by atoms with van der Waals surface area (Å²) < 4.78 is 0. The molecule has 1 atom stereocenters. The second-order valence-corrected chi connectivity index (χ2v) is 7.10. The molecule has 3 fully saturated rings. The van der Waals surface area contributed by atoms with E-state index in [1.807, 2.05) is 9.80 Å². The minimum Gasteiger partial charge on any atom is -0.342 e. The van der Waals surface area contributed by atoms with Crippen molar-refractivity contribution in [1.82, 2.24) is 20.0 Å². The van der Waals surface area contributed by atoms with Gasteiger partial charge < -0.3 is 15.1 Å². The summed E-state index contributed by atoms with van der Waals surface area (Å²) in [6, 6.07) is 0.374. The van der Waals surface area contributed by atoms with Crippen molar-refractivity contribution in [3.63, 3.8) is 0 Å². The van der Waals surface area contributed by atoms with Crippen molar-refractivity contribution in [3.8, 4) is 0 Å². The van der Waals surface area contributed by atoms with Gasteiger partial charge in [0.2, 0.25) is 11.8 Å². The highest BCUT2D eigenvalue weighted by atomic mass is 16.2. The van der Waals surface area contributed by atoms with E-state index in [-0.39, 0.29) is 11.8 Å². The van der Waals surface area contributed by atoms with E-state index in [1.54, 1.807) is 0 Å². The number of nitrogens with zero attached hydrogens (tertiary/aromatic N) is 3. The molecule has 6 nitrogen and oxygen atoms in total. The molecule has 0 spiro atoms. The fraction of sp³-hybridized carbons (Fsp3) is 0.882. The number of nitrogens with one attached hydrogen (secondary N) is 1. The maximum Gasteiger partial charge on any atom is 0.236 e. The van der Waals surface area contributed by atoms with Gasteiger partial charge in [0.1, 0.15) is 0 Å². The molecule has 130 valence electrons. The van der Waals surface area contributed by atoms with Crippen LogP contribution >= 0.6 is 0 Å². The molecule has 0 aromatic carbocycles. The number of likely N-dealkylation sites (tertiary alicyclic amines) is 1. The molecule has 1 N–H and O–H groups in total. The summed E-state index contributed by atoms with van der Waals surface area (Å²) >= 11 is 0. The lowest BCUT2D eigenvalue weighted by molar-refractivity contribution is -0.131. The summed E-state index contributed by atoms with van der Waals surface area (Å²) in [5, 5.41) is 3.40. The molecule has 2 amide bonds. The van der Waals surface area contributed by atoms with E-state index in [9.17, 15) is 9.59 Å². The lowest BCUT2D eigenvalue weighted by Gasteiger charge is -2.24. The van der Waals surface area contributed by atoms with Gasteiger partial charge >= 0.3 is 0 Å². The first-order valence-electron chi connectivity index (χ1n) is 9.23. The van der Waals surface area contributed by atoms with Gasteiger partial charge in [0, 0.05) is 51.7 Å². The lowest BCUT2D eigenvalue weighted by Crippen LogP contribution is -2.41. The van der Waals surface area contributed by atoms with Crippen LogP contribution in [0.1, 0.15) is 38.5 Å². The SMILES string of the molecule is O=C(CC1CCCN1)N1CCCN(CC(=O)N2CCCC2)CC1. The molecule has 3 aliphatic rings. The summed E-state index contributed by atoms with van der Waals surface area (Å²) in [5.74, 6) is 0.537. The second kappa shape index (κ2) is 8.11. The Bertz CT molecular complexity index is 417. The van der Waals surface area contributed by atoms with Gasteiger partial charge in [-0.1, -0.05) is 0 Å². The van der Waals surface area contributed by atoms with E-state index in [4.69, 9.17) is 0 Å². The zero-order chi connectivity index (χ0) is 16.1. The average Bonchev–Trinajstić information content (AvgIpc) is 3.19. The van der Waals surface area contributed by atoms with Crippen molar-refractivity contribution in [2.75, 3.05) is 52.4 Å². The lowest BCUT2D eigenvalue weighted by atomic mass is 10.1. The Morgan fingerprint density at radius 3 is 2.30 bits per heavy atom. The summed E-state index contributed by atoms with van der Waals surface area (Å²) in [7, 11) is 0. The highest BCUT2D eigenvalue weighted by Crippen LogP contribution is 2.13. The number of carbonyl (C=O) groups is 2. The van der Waals surface area contributed by atoms with Crippen molar-refractivity contribution >= 4 is 11.8 Å². The molecule has 0 aromatic rings. The Morgan fingerprint density at radius 1 is 0.826 bits per heavy atom. The molecule has 6 heteroatoms. The van der Waals surface area contributed by atoms with Gasteiger partial charge in [-0.15, -0.1) is 0 Å². The van der Waals surface area contributed by atoms with Crippen molar-refractivity contribution in [2.45, 2.75) is 44.6 Å². The Labute approximate surface area is 139 Å². The molecule has 3 rings (SSSR count). The zero-order valence-electron chi connectivity index (χ0n) is 14.1. The van der Waals surface area contributed by atoms with Gasteiger partial charge in [0.15, 0.2) is 0 Å². The van der Waals surface area contributed by atoms with Crippen LogP contribution in [-0.4, -0.2) is 84.9 Å². The molecule has 3 heterocycles. The van der Waals surface area contributed by atoms with Gasteiger partial charge in [0.05, 0.1) is 6.54 Å². The minimum atomic E-state index is 0.262. The monoisotopic (exact) mass is 322 g/mol. The summed E-state index contributed by atoms with van der Waals surface area (Å²) in [5.41, 5.74) is 0. The summed E-state index contributed by atoms with van der Waals surface area (Å²) in [4.78, 5) is 30.9. The Hall–Kier alpha value is -1.14. The van der Waals surface area contributed by atoms with E-state index >= 15 is 0 Å². The van der Waals surface area contributed by atoms with Gasteiger partial charge in [-0.2, -0.15) is 0 Å². The van der Waals surface area contributed by atoms with Crippen LogP contribution in [0.25, 0.3) is 0 Å². The maximum absolute atomic E-state index is 12.4. The van der Waals surface area contributed by atoms with Crippen LogP contribution in [0.3, 0.4) is 0 Å². The number of rotatable bonds is 4. The van der Waals surface area contributed by atoms with E-state index in [0.29, 0.717) is 19.0 Å². The third-order valence-corrected chi connectivity index (χ3v) is 5.34. The molecule has 1 unspecified atom stereocenters. The number of hydrogen-bond acceptors (Lipinski definition) is 4. The van der Waals surface area contributed by atoms with Crippen LogP contribution in [-0.2, 0) is 9.59 Å². The molecule has 23 heavy (non-hydrogen) atoms. The first-order chi connectivity index (χ1) is 11.2. The Kier molecular flexibility index (Phi) is 5.89. The zero-order valence-corrected chi connectivity index (χ0v) is 14.1. The molecule has 3 aliphatic heterocycles. The van der Waals surface area contributed by atoms with Gasteiger partial charge in [-0.05, 0) is 38.6 Å². The van der Waals surface area contributed by atoms with Crippen LogP contribution in [0, 0.1) is 0 Å². The fourth-order valence-corrected chi connectivity index (χ4v) is 3.91. The minimum absolute atomic E-state index is 0.262. The molecule has 3 saturated heterocycles. The predicted molar refractivity (Wildman–Crippen MR) is 89.1 cm³/mol. The molecule has 0 aromatic heterocycles. The highest BCUT2D eigenvalue weighted by Gasteiger charge is 2.25. The Balaban J connectivity index is 1.42. The number of carbonyl (C=O) groups excluding carboxylic acids is 2. The molecule has 0 bridgehead atoms. The third kappa shape index (κ3) is 4.67. The summed E-state index contributed by atoms with van der Waals surface area (Å²) in [6.07, 6.45) is 6.19. The van der Waals surface area contributed by atoms with E-state index in [2.05, 4.69) is 10.2 Å². The molecular weight excluding hydrogens is 292 g/mol. The largest absolute Gasteiger partial charge is 0.342 e. The maximum atomic E-state index is 12.4. The quantitative estimate of drug-likeness (QED) is 0.808. The Morgan fingerprint density at radius 2 is 1.57 bits per heavy atom.